The van der Waals surface area contributed by atoms with Gasteiger partial charge in [0.2, 0.25) is 5.91 Å². The van der Waals surface area contributed by atoms with Crippen molar-refractivity contribution in [2.24, 2.45) is 11.8 Å². The third-order valence-electron chi connectivity index (χ3n) is 5.30. The molecule has 148 valence electrons. The van der Waals surface area contributed by atoms with Crippen LogP contribution < -0.4 is 15.5 Å². The van der Waals surface area contributed by atoms with Gasteiger partial charge >= 0.3 is 0 Å². The second kappa shape index (κ2) is 12.1. The number of rotatable bonds is 6. The molecule has 1 aromatic carbocycles. The number of hydrogen-bond donors (Lipinski definition) is 2. The zero-order valence-electron chi connectivity index (χ0n) is 15.1. The van der Waals surface area contributed by atoms with Crippen molar-refractivity contribution in [2.75, 3.05) is 37.6 Å². The molecule has 2 heterocycles. The average Bonchev–Trinajstić information content (AvgIpc) is 3.09. The van der Waals surface area contributed by atoms with Gasteiger partial charge in [-0.2, -0.15) is 0 Å². The van der Waals surface area contributed by atoms with E-state index in [0.717, 1.165) is 56.0 Å². The second-order valence-corrected chi connectivity index (χ2v) is 8.03. The van der Waals surface area contributed by atoms with Crippen molar-refractivity contribution in [3.8, 4) is 0 Å². The number of nitrogens with zero attached hydrogens (tertiary/aromatic N) is 1. The minimum atomic E-state index is 0. The SMILES string of the molecule is Cl.Cl.O=C(CCC1CCNCC1)NCC1CCN(c2ccc(Br)cc2)C1. The lowest BCUT2D eigenvalue weighted by Crippen LogP contribution is -2.32. The lowest BCUT2D eigenvalue weighted by atomic mass is 9.93. The van der Waals surface area contributed by atoms with Crippen molar-refractivity contribution < 1.29 is 4.79 Å². The molecule has 4 nitrogen and oxygen atoms in total. The maximum absolute atomic E-state index is 12.1. The molecule has 1 atom stereocenters. The summed E-state index contributed by atoms with van der Waals surface area (Å²) in [6.45, 7) is 5.16. The van der Waals surface area contributed by atoms with E-state index in [2.05, 4.69) is 55.7 Å². The van der Waals surface area contributed by atoms with E-state index < -0.39 is 0 Å². The molecule has 0 aliphatic carbocycles. The third kappa shape index (κ3) is 7.26. The minimum Gasteiger partial charge on any atom is -0.371 e. The van der Waals surface area contributed by atoms with Gasteiger partial charge in [0.1, 0.15) is 0 Å². The lowest BCUT2D eigenvalue weighted by molar-refractivity contribution is -0.121. The van der Waals surface area contributed by atoms with Crippen molar-refractivity contribution in [1.29, 1.82) is 0 Å². The van der Waals surface area contributed by atoms with E-state index in [9.17, 15) is 4.79 Å². The highest BCUT2D eigenvalue weighted by Crippen LogP contribution is 2.25. The van der Waals surface area contributed by atoms with Gasteiger partial charge in [0.25, 0.3) is 0 Å². The van der Waals surface area contributed by atoms with Crippen LogP contribution in [-0.2, 0) is 4.79 Å². The number of piperidine rings is 1. The Morgan fingerprint density at radius 2 is 1.81 bits per heavy atom. The molecule has 26 heavy (non-hydrogen) atoms. The van der Waals surface area contributed by atoms with Crippen LogP contribution in [0, 0.1) is 11.8 Å². The van der Waals surface area contributed by atoms with Gasteiger partial charge in [-0.05, 0) is 74.9 Å². The molecule has 0 saturated carbocycles. The number of anilines is 1. The van der Waals surface area contributed by atoms with Crippen LogP contribution in [0.25, 0.3) is 0 Å². The quantitative estimate of drug-likeness (QED) is 0.665. The van der Waals surface area contributed by atoms with Crippen LogP contribution in [0.15, 0.2) is 28.7 Å². The van der Waals surface area contributed by atoms with Crippen LogP contribution in [0.5, 0.6) is 0 Å². The first-order valence-corrected chi connectivity index (χ1v) is 9.98. The van der Waals surface area contributed by atoms with Crippen LogP contribution >= 0.6 is 40.7 Å². The summed E-state index contributed by atoms with van der Waals surface area (Å²) in [5.41, 5.74) is 1.28. The molecule has 0 bridgehead atoms. The maximum atomic E-state index is 12.1. The number of carbonyl (C=O) groups excluding carboxylic acids is 1. The lowest BCUT2D eigenvalue weighted by Gasteiger charge is -2.22. The molecule has 0 aromatic heterocycles. The van der Waals surface area contributed by atoms with Gasteiger partial charge in [0.05, 0.1) is 0 Å². The van der Waals surface area contributed by atoms with Crippen LogP contribution in [-0.4, -0.2) is 38.6 Å². The number of hydrogen-bond acceptors (Lipinski definition) is 3. The summed E-state index contributed by atoms with van der Waals surface area (Å²) in [6, 6.07) is 8.49. The first kappa shape index (κ1) is 23.5. The Balaban J connectivity index is 0.00000169. The normalized spacial score (nSPS) is 20.2. The van der Waals surface area contributed by atoms with Crippen LogP contribution in [0.1, 0.15) is 32.1 Å². The van der Waals surface area contributed by atoms with Gasteiger partial charge in [-0.1, -0.05) is 15.9 Å². The molecule has 0 radical (unpaired) electrons. The summed E-state index contributed by atoms with van der Waals surface area (Å²) in [7, 11) is 0. The van der Waals surface area contributed by atoms with Crippen molar-refractivity contribution in [2.45, 2.75) is 32.1 Å². The van der Waals surface area contributed by atoms with Gasteiger partial charge in [-0.3, -0.25) is 4.79 Å². The van der Waals surface area contributed by atoms with Crippen molar-refractivity contribution in [3.05, 3.63) is 28.7 Å². The highest BCUT2D eigenvalue weighted by Gasteiger charge is 2.23. The van der Waals surface area contributed by atoms with E-state index in [0.29, 0.717) is 12.3 Å². The van der Waals surface area contributed by atoms with Crippen molar-refractivity contribution in [3.63, 3.8) is 0 Å². The van der Waals surface area contributed by atoms with Crippen molar-refractivity contribution >= 4 is 52.3 Å². The standard InChI is InChI=1S/C19H28BrN3O.2ClH/c20-17-2-4-18(5-3-17)23-12-9-16(14-23)13-22-19(24)6-1-15-7-10-21-11-8-15;;/h2-5,15-16,21H,1,6-14H2,(H,22,24);2*1H. The van der Waals surface area contributed by atoms with Gasteiger partial charge in [-0.25, -0.2) is 0 Å². The number of benzene rings is 1. The maximum Gasteiger partial charge on any atom is 0.220 e. The Labute approximate surface area is 177 Å². The molecule has 2 N–H and O–H groups in total. The van der Waals surface area contributed by atoms with Crippen molar-refractivity contribution in [1.82, 2.24) is 10.6 Å². The molecule has 7 heteroatoms. The van der Waals surface area contributed by atoms with Crippen LogP contribution in [0.3, 0.4) is 0 Å². The zero-order chi connectivity index (χ0) is 16.8. The van der Waals surface area contributed by atoms with E-state index in [4.69, 9.17) is 0 Å². The molecule has 2 fully saturated rings. The topological polar surface area (TPSA) is 44.4 Å². The molecule has 1 aromatic rings. The van der Waals surface area contributed by atoms with E-state index in [1.165, 1.54) is 18.5 Å². The van der Waals surface area contributed by atoms with Crippen LogP contribution in [0.4, 0.5) is 5.69 Å². The monoisotopic (exact) mass is 465 g/mol. The smallest absolute Gasteiger partial charge is 0.220 e. The zero-order valence-corrected chi connectivity index (χ0v) is 18.3. The van der Waals surface area contributed by atoms with Gasteiger partial charge in [-0.15, -0.1) is 24.8 Å². The Kier molecular flexibility index (Phi) is 10.9. The Hall–Kier alpha value is -0.490. The predicted octanol–water partition coefficient (Wildman–Crippen LogP) is 4.02. The fraction of sp³-hybridized carbons (Fsp3) is 0.632. The molecular weight excluding hydrogens is 437 g/mol. The number of halogens is 3. The largest absolute Gasteiger partial charge is 0.371 e. The summed E-state index contributed by atoms with van der Waals surface area (Å²) in [4.78, 5) is 14.5. The van der Waals surface area contributed by atoms with E-state index in [-0.39, 0.29) is 30.7 Å². The van der Waals surface area contributed by atoms with Gasteiger partial charge < -0.3 is 15.5 Å². The molecule has 3 rings (SSSR count). The fourth-order valence-electron chi connectivity index (χ4n) is 3.74. The van der Waals surface area contributed by atoms with Crippen LogP contribution in [0.2, 0.25) is 0 Å². The Morgan fingerprint density at radius 3 is 2.50 bits per heavy atom. The highest BCUT2D eigenvalue weighted by atomic mass is 79.9. The second-order valence-electron chi connectivity index (χ2n) is 7.11. The summed E-state index contributed by atoms with van der Waals surface area (Å²) in [5, 5.41) is 6.53. The Bertz CT molecular complexity index is 538. The minimum absolute atomic E-state index is 0. The first-order valence-electron chi connectivity index (χ1n) is 9.18. The van der Waals surface area contributed by atoms with E-state index in [1.807, 2.05) is 0 Å². The summed E-state index contributed by atoms with van der Waals surface area (Å²) in [6.07, 6.45) is 5.33. The Morgan fingerprint density at radius 1 is 1.12 bits per heavy atom. The fourth-order valence-corrected chi connectivity index (χ4v) is 4.00. The number of amides is 1. The number of nitrogens with one attached hydrogen (secondary N) is 2. The predicted molar refractivity (Wildman–Crippen MR) is 117 cm³/mol. The molecular formula is C19H30BrCl2N3O. The third-order valence-corrected chi connectivity index (χ3v) is 5.83. The number of carbonyl (C=O) groups is 1. The van der Waals surface area contributed by atoms with Gasteiger partial charge in [0, 0.05) is 36.2 Å². The molecule has 2 saturated heterocycles. The van der Waals surface area contributed by atoms with Gasteiger partial charge in [0.15, 0.2) is 0 Å². The first-order chi connectivity index (χ1) is 11.7. The highest BCUT2D eigenvalue weighted by molar-refractivity contribution is 9.10. The summed E-state index contributed by atoms with van der Waals surface area (Å²) < 4.78 is 1.11. The molecule has 1 amide bonds. The average molecular weight is 467 g/mol. The summed E-state index contributed by atoms with van der Waals surface area (Å²) in [5.74, 6) is 1.53. The molecule has 1 unspecified atom stereocenters. The summed E-state index contributed by atoms with van der Waals surface area (Å²) >= 11 is 3.48. The molecule has 2 aliphatic rings. The van der Waals surface area contributed by atoms with E-state index in [1.54, 1.807) is 0 Å². The van der Waals surface area contributed by atoms with E-state index >= 15 is 0 Å². The molecule has 0 spiro atoms. The molecule has 2 aliphatic heterocycles.